The molecule has 21 heavy (non-hydrogen) atoms. The Kier molecular flexibility index (Phi) is 4.55. The maximum Gasteiger partial charge on any atom is 0.338 e. The molecule has 0 unspecified atom stereocenters. The maximum absolute atomic E-state index is 11.9. The molecule has 0 bridgehead atoms. The number of carbonyl (C=O) groups excluding carboxylic acids is 2. The van der Waals surface area contributed by atoms with Crippen LogP contribution < -0.4 is 11.1 Å². The van der Waals surface area contributed by atoms with E-state index in [1.54, 1.807) is 43.5 Å². The molecule has 0 radical (unpaired) electrons. The summed E-state index contributed by atoms with van der Waals surface area (Å²) in [5.41, 5.74) is 6.38. The van der Waals surface area contributed by atoms with Crippen molar-refractivity contribution in [3.63, 3.8) is 0 Å². The van der Waals surface area contributed by atoms with Crippen LogP contribution in [-0.4, -0.2) is 28.3 Å². The molecule has 0 spiro atoms. The summed E-state index contributed by atoms with van der Waals surface area (Å²) in [6.07, 6.45) is 1.62. The van der Waals surface area contributed by atoms with Crippen LogP contribution in [0.4, 0.5) is 11.5 Å². The topological polar surface area (TPSA) is 99.2 Å². The van der Waals surface area contributed by atoms with Crippen molar-refractivity contribution in [2.24, 2.45) is 0 Å². The highest BCUT2D eigenvalue weighted by Crippen LogP contribution is 2.12. The third-order valence-electron chi connectivity index (χ3n) is 2.62. The molecule has 110 valence electrons. The van der Waals surface area contributed by atoms with Crippen molar-refractivity contribution in [3.8, 4) is 0 Å². The number of nitrogens with one attached hydrogen (secondary N) is 1. The summed E-state index contributed by atoms with van der Waals surface area (Å²) in [6, 6.07) is 8.16. The molecule has 0 aliphatic rings. The first-order valence-electron chi connectivity index (χ1n) is 6.44. The molecule has 0 aliphatic carbocycles. The summed E-state index contributed by atoms with van der Waals surface area (Å²) in [5, 5.41) is 6.61. The van der Waals surface area contributed by atoms with E-state index in [0.29, 0.717) is 23.7 Å². The number of nitrogens with zero attached hydrogens (tertiary/aromatic N) is 2. The molecule has 2 aromatic rings. The molecule has 1 aromatic carbocycles. The number of aromatic nitrogens is 2. The number of hydrogen-bond donors (Lipinski definition) is 2. The fourth-order valence-electron chi connectivity index (χ4n) is 1.75. The van der Waals surface area contributed by atoms with Gasteiger partial charge in [0.25, 0.3) is 0 Å². The van der Waals surface area contributed by atoms with Gasteiger partial charge in [0.2, 0.25) is 5.91 Å². The Morgan fingerprint density at radius 2 is 2.19 bits per heavy atom. The van der Waals surface area contributed by atoms with E-state index in [9.17, 15) is 9.59 Å². The van der Waals surface area contributed by atoms with Crippen LogP contribution in [0.2, 0.25) is 0 Å². The number of rotatable bonds is 5. The first-order valence-corrected chi connectivity index (χ1v) is 6.44. The largest absolute Gasteiger partial charge is 0.462 e. The number of carbonyl (C=O) groups is 2. The Balaban J connectivity index is 2.00. The van der Waals surface area contributed by atoms with Gasteiger partial charge in [-0.2, -0.15) is 5.10 Å². The highest BCUT2D eigenvalue weighted by atomic mass is 16.5. The number of nitrogens with two attached hydrogens (primary N) is 1. The van der Waals surface area contributed by atoms with Crippen LogP contribution in [0.15, 0.2) is 36.5 Å². The quantitative estimate of drug-likeness (QED) is 0.807. The van der Waals surface area contributed by atoms with Crippen LogP contribution >= 0.6 is 0 Å². The molecule has 0 atom stereocenters. The summed E-state index contributed by atoms with van der Waals surface area (Å²) in [4.78, 5) is 23.5. The summed E-state index contributed by atoms with van der Waals surface area (Å²) in [5.74, 6) is -0.334. The number of hydrogen-bond acceptors (Lipinski definition) is 5. The first-order chi connectivity index (χ1) is 10.1. The average molecular weight is 288 g/mol. The van der Waals surface area contributed by atoms with Crippen molar-refractivity contribution in [2.75, 3.05) is 17.7 Å². The smallest absolute Gasteiger partial charge is 0.338 e. The summed E-state index contributed by atoms with van der Waals surface area (Å²) in [7, 11) is 0. The van der Waals surface area contributed by atoms with Gasteiger partial charge in [0.05, 0.1) is 12.2 Å². The minimum atomic E-state index is -0.423. The van der Waals surface area contributed by atoms with Gasteiger partial charge in [0.1, 0.15) is 12.4 Å². The van der Waals surface area contributed by atoms with Crippen molar-refractivity contribution < 1.29 is 14.3 Å². The van der Waals surface area contributed by atoms with Crippen LogP contribution in [0.1, 0.15) is 17.3 Å². The van der Waals surface area contributed by atoms with Crippen LogP contribution in [0.5, 0.6) is 0 Å². The number of esters is 1. The third-order valence-corrected chi connectivity index (χ3v) is 2.62. The van der Waals surface area contributed by atoms with E-state index in [-0.39, 0.29) is 12.5 Å². The highest BCUT2D eigenvalue weighted by molar-refractivity contribution is 5.94. The van der Waals surface area contributed by atoms with Crippen LogP contribution in [0.25, 0.3) is 0 Å². The predicted octanol–water partition coefficient (Wildman–Crippen LogP) is 1.28. The fraction of sp³-hybridized carbons (Fsp3) is 0.214. The molecule has 2 rings (SSSR count). The number of ether oxygens (including phenoxy) is 1. The summed E-state index contributed by atoms with van der Waals surface area (Å²) >= 11 is 0. The normalized spacial score (nSPS) is 10.1. The lowest BCUT2D eigenvalue weighted by atomic mass is 10.2. The third kappa shape index (κ3) is 4.07. The molecule has 0 saturated carbocycles. The van der Waals surface area contributed by atoms with Crippen LogP contribution in [-0.2, 0) is 16.1 Å². The van der Waals surface area contributed by atoms with E-state index in [1.165, 1.54) is 4.68 Å². The lowest BCUT2D eigenvalue weighted by Gasteiger charge is -2.07. The van der Waals surface area contributed by atoms with Crippen molar-refractivity contribution in [3.05, 3.63) is 42.1 Å². The first kappa shape index (κ1) is 14.6. The molecule has 1 heterocycles. The lowest BCUT2D eigenvalue weighted by molar-refractivity contribution is -0.116. The van der Waals surface area contributed by atoms with Gasteiger partial charge < -0.3 is 15.8 Å². The molecule has 0 saturated heterocycles. The molecule has 3 N–H and O–H groups in total. The fourth-order valence-corrected chi connectivity index (χ4v) is 1.75. The van der Waals surface area contributed by atoms with Crippen molar-refractivity contribution in [2.45, 2.75) is 13.5 Å². The summed E-state index contributed by atoms with van der Waals surface area (Å²) < 4.78 is 6.34. The van der Waals surface area contributed by atoms with Gasteiger partial charge >= 0.3 is 5.97 Å². The van der Waals surface area contributed by atoms with Gasteiger partial charge in [-0.1, -0.05) is 6.07 Å². The van der Waals surface area contributed by atoms with Crippen molar-refractivity contribution >= 4 is 23.4 Å². The summed E-state index contributed by atoms with van der Waals surface area (Å²) in [6.45, 7) is 2.08. The van der Waals surface area contributed by atoms with E-state index in [1.807, 2.05) is 0 Å². The zero-order valence-corrected chi connectivity index (χ0v) is 11.6. The average Bonchev–Trinajstić information content (AvgIpc) is 2.84. The number of benzene rings is 1. The second kappa shape index (κ2) is 6.56. The monoisotopic (exact) mass is 288 g/mol. The second-order valence-corrected chi connectivity index (χ2v) is 4.29. The van der Waals surface area contributed by atoms with Gasteiger partial charge in [-0.15, -0.1) is 0 Å². The van der Waals surface area contributed by atoms with E-state index >= 15 is 0 Å². The molecule has 7 heteroatoms. The molecular weight excluding hydrogens is 272 g/mol. The van der Waals surface area contributed by atoms with Crippen LogP contribution in [0, 0.1) is 0 Å². The van der Waals surface area contributed by atoms with Gasteiger partial charge in [-0.05, 0) is 31.2 Å². The van der Waals surface area contributed by atoms with E-state index in [2.05, 4.69) is 10.4 Å². The molecule has 1 aromatic heterocycles. The molecular formula is C14H16N4O3. The second-order valence-electron chi connectivity index (χ2n) is 4.29. The standard InChI is InChI=1S/C14H16N4O3/c1-2-21-14(20)10-4-3-5-11(8-10)16-13(19)9-18-7-6-12(15)17-18/h3-8H,2,9H2,1H3,(H2,15,17)(H,16,19). The predicted molar refractivity (Wildman–Crippen MR) is 77.7 cm³/mol. The van der Waals surface area contributed by atoms with Gasteiger partial charge in [0, 0.05) is 11.9 Å². The maximum atomic E-state index is 11.9. The number of nitrogen functional groups attached to an aromatic ring is 1. The molecule has 7 nitrogen and oxygen atoms in total. The van der Waals surface area contributed by atoms with Crippen molar-refractivity contribution in [1.82, 2.24) is 9.78 Å². The minimum absolute atomic E-state index is 0.0425. The van der Waals surface area contributed by atoms with E-state index < -0.39 is 5.97 Å². The molecule has 1 amide bonds. The number of anilines is 2. The van der Waals surface area contributed by atoms with Crippen molar-refractivity contribution in [1.29, 1.82) is 0 Å². The zero-order valence-electron chi connectivity index (χ0n) is 11.6. The Hall–Kier alpha value is -2.83. The minimum Gasteiger partial charge on any atom is -0.462 e. The van der Waals surface area contributed by atoms with Gasteiger partial charge in [-0.3, -0.25) is 9.48 Å². The van der Waals surface area contributed by atoms with Gasteiger partial charge in [-0.25, -0.2) is 4.79 Å². The molecule has 0 aliphatic heterocycles. The molecule has 0 fully saturated rings. The van der Waals surface area contributed by atoms with E-state index in [4.69, 9.17) is 10.5 Å². The number of amides is 1. The Bertz CT molecular complexity index is 651. The Morgan fingerprint density at radius 1 is 1.38 bits per heavy atom. The lowest BCUT2D eigenvalue weighted by Crippen LogP contribution is -2.19. The SMILES string of the molecule is CCOC(=O)c1cccc(NC(=O)Cn2ccc(N)n2)c1. The van der Waals surface area contributed by atoms with Gasteiger partial charge in [0.15, 0.2) is 0 Å². The van der Waals surface area contributed by atoms with E-state index in [0.717, 1.165) is 0 Å². The zero-order chi connectivity index (χ0) is 15.2. The highest BCUT2D eigenvalue weighted by Gasteiger charge is 2.09. The van der Waals surface area contributed by atoms with Crippen LogP contribution in [0.3, 0.4) is 0 Å². The Labute approximate surface area is 121 Å². The Morgan fingerprint density at radius 3 is 2.86 bits per heavy atom.